The Hall–Kier alpha value is -3.90. The van der Waals surface area contributed by atoms with Crippen molar-refractivity contribution in [3.05, 3.63) is 104 Å². The van der Waals surface area contributed by atoms with E-state index in [1.165, 1.54) is 15.9 Å². The zero-order chi connectivity index (χ0) is 25.9. The summed E-state index contributed by atoms with van der Waals surface area (Å²) in [5.41, 5.74) is -2.12. The Bertz CT molecular complexity index is 1470. The van der Waals surface area contributed by atoms with Crippen molar-refractivity contribution in [1.29, 1.82) is 0 Å². The summed E-state index contributed by atoms with van der Waals surface area (Å²) >= 11 is 1.52. The van der Waals surface area contributed by atoms with Gasteiger partial charge in [0.05, 0.1) is 29.4 Å². The van der Waals surface area contributed by atoms with Crippen molar-refractivity contribution in [2.75, 3.05) is 0 Å². The van der Waals surface area contributed by atoms with Crippen molar-refractivity contribution >= 4 is 17.0 Å². The van der Waals surface area contributed by atoms with Gasteiger partial charge in [-0.3, -0.25) is 4.79 Å². The van der Waals surface area contributed by atoms with Crippen molar-refractivity contribution in [2.45, 2.75) is 39.4 Å². The van der Waals surface area contributed by atoms with Crippen LogP contribution in [0.1, 0.15) is 35.0 Å². The summed E-state index contributed by atoms with van der Waals surface area (Å²) in [5.74, 6) is 1.11. The van der Waals surface area contributed by atoms with Gasteiger partial charge in [0.2, 0.25) is 0 Å². The molecule has 0 atom stereocenters. The number of ether oxygens (including phenoxy) is 1. The van der Waals surface area contributed by atoms with E-state index in [1.807, 2.05) is 32.0 Å². The normalized spacial score (nSPS) is 11.3. The van der Waals surface area contributed by atoms with Crippen LogP contribution in [-0.4, -0.2) is 9.55 Å². The maximum atomic E-state index is 13.8. The summed E-state index contributed by atoms with van der Waals surface area (Å²) in [6.07, 6.45) is -3.46. The predicted molar refractivity (Wildman–Crippen MR) is 134 cm³/mol. The predicted octanol–water partition coefficient (Wildman–Crippen LogP) is 7.51. The Morgan fingerprint density at radius 1 is 1.03 bits per heavy atom. The van der Waals surface area contributed by atoms with Crippen molar-refractivity contribution in [2.24, 2.45) is 0 Å². The Labute approximate surface area is 210 Å². The fourth-order valence-corrected chi connectivity index (χ4v) is 4.77. The summed E-state index contributed by atoms with van der Waals surface area (Å²) in [5, 5.41) is 0.885. The van der Waals surface area contributed by atoms with Crippen molar-refractivity contribution < 1.29 is 17.9 Å². The lowest BCUT2D eigenvalue weighted by Crippen LogP contribution is -2.25. The van der Waals surface area contributed by atoms with Crippen molar-refractivity contribution in [1.82, 2.24) is 9.55 Å². The lowest BCUT2D eigenvalue weighted by atomic mass is 10.1. The second-order valence-corrected chi connectivity index (χ2v) is 9.08. The minimum atomic E-state index is -4.85. The van der Waals surface area contributed by atoms with E-state index >= 15 is 0 Å². The molecular formula is C27H22F3N3O2S. The van der Waals surface area contributed by atoms with Crippen LogP contribution in [0.2, 0.25) is 0 Å². The minimum absolute atomic E-state index is 0.0310. The number of aromatic nitrogens is 2. The van der Waals surface area contributed by atoms with Crippen LogP contribution in [0.15, 0.2) is 65.5 Å². The Kier molecular flexibility index (Phi) is 7.27. The van der Waals surface area contributed by atoms with Gasteiger partial charge in [-0.25, -0.2) is 9.83 Å². The first-order chi connectivity index (χ1) is 17.2. The number of hydrogen-bond acceptors (Lipinski definition) is 4. The van der Waals surface area contributed by atoms with Gasteiger partial charge in [0.25, 0.3) is 11.2 Å². The van der Waals surface area contributed by atoms with E-state index in [4.69, 9.17) is 11.3 Å². The summed E-state index contributed by atoms with van der Waals surface area (Å²) in [6, 6.07) is 16.4. The highest BCUT2D eigenvalue weighted by Crippen LogP contribution is 2.38. The average molecular weight is 510 g/mol. The molecule has 0 saturated carbocycles. The van der Waals surface area contributed by atoms with Crippen LogP contribution in [0, 0.1) is 6.57 Å². The van der Waals surface area contributed by atoms with Crippen molar-refractivity contribution in [3.63, 3.8) is 0 Å². The van der Waals surface area contributed by atoms with Crippen LogP contribution in [0.4, 0.5) is 18.9 Å². The lowest BCUT2D eigenvalue weighted by Gasteiger charge is -2.18. The van der Waals surface area contributed by atoms with E-state index in [9.17, 15) is 18.0 Å². The monoisotopic (exact) mass is 509 g/mol. The first-order valence-electron chi connectivity index (χ1n) is 11.3. The number of benzene rings is 2. The van der Waals surface area contributed by atoms with Crippen LogP contribution in [0.25, 0.3) is 16.1 Å². The van der Waals surface area contributed by atoms with Gasteiger partial charge in [-0.15, -0.1) is 11.3 Å². The maximum absolute atomic E-state index is 13.8. The first-order valence-corrected chi connectivity index (χ1v) is 12.1. The number of alkyl halides is 3. The largest absolute Gasteiger partial charge is 0.457 e. The number of hydrogen-bond donors (Lipinski definition) is 0. The van der Waals surface area contributed by atoms with Gasteiger partial charge in [0.15, 0.2) is 0 Å². The Morgan fingerprint density at radius 3 is 2.28 bits per heavy atom. The minimum Gasteiger partial charge on any atom is -0.457 e. The second-order valence-electron chi connectivity index (χ2n) is 7.92. The SMILES string of the molecule is [C-]#[N+]c1c(C(F)(F)F)cc(-c2ccc(Oc3ccccc3)cc2)n(Cc2nc(CC)sc2CC)c1=O. The Balaban J connectivity index is 1.84. The van der Waals surface area contributed by atoms with Gasteiger partial charge in [0.1, 0.15) is 11.5 Å². The molecule has 0 aliphatic rings. The molecular weight excluding hydrogens is 487 g/mol. The molecule has 0 aliphatic heterocycles. The number of halogens is 3. The molecule has 9 heteroatoms. The zero-order valence-corrected chi connectivity index (χ0v) is 20.4. The number of nitrogens with zero attached hydrogens (tertiary/aromatic N) is 3. The molecule has 0 aliphatic carbocycles. The highest BCUT2D eigenvalue weighted by Gasteiger charge is 2.36. The summed E-state index contributed by atoms with van der Waals surface area (Å²) in [7, 11) is 0. The quantitative estimate of drug-likeness (QED) is 0.242. The molecule has 2 aromatic carbocycles. The van der Waals surface area contributed by atoms with Gasteiger partial charge in [-0.2, -0.15) is 13.2 Å². The number of pyridine rings is 1. The van der Waals surface area contributed by atoms with Crippen LogP contribution < -0.4 is 10.3 Å². The topological polar surface area (TPSA) is 48.5 Å². The summed E-state index contributed by atoms with van der Waals surface area (Å²) in [4.78, 5) is 21.8. The molecule has 5 nitrogen and oxygen atoms in total. The van der Waals surface area contributed by atoms with E-state index in [0.717, 1.165) is 16.0 Å². The average Bonchev–Trinajstić information content (AvgIpc) is 3.27. The maximum Gasteiger partial charge on any atom is 0.407 e. The van der Waals surface area contributed by atoms with Gasteiger partial charge >= 0.3 is 6.18 Å². The van der Waals surface area contributed by atoms with Gasteiger partial charge in [-0.1, -0.05) is 32.0 Å². The van der Waals surface area contributed by atoms with Gasteiger partial charge in [0, 0.05) is 10.6 Å². The highest BCUT2D eigenvalue weighted by atomic mass is 32.1. The molecule has 0 amide bonds. The van der Waals surface area contributed by atoms with E-state index in [2.05, 4.69) is 9.83 Å². The molecule has 0 saturated heterocycles. The molecule has 0 N–H and O–H groups in total. The Morgan fingerprint density at radius 2 is 1.69 bits per heavy atom. The van der Waals surface area contributed by atoms with Crippen molar-refractivity contribution in [3.8, 4) is 22.8 Å². The molecule has 36 heavy (non-hydrogen) atoms. The van der Waals surface area contributed by atoms with E-state index < -0.39 is 23.0 Å². The van der Waals surface area contributed by atoms with E-state index in [1.54, 1.807) is 36.4 Å². The molecule has 0 bridgehead atoms. The van der Waals surface area contributed by atoms with Gasteiger partial charge < -0.3 is 9.30 Å². The van der Waals surface area contributed by atoms with E-state index in [-0.39, 0.29) is 12.2 Å². The molecule has 0 spiro atoms. The van der Waals surface area contributed by atoms with Crippen LogP contribution in [-0.2, 0) is 25.6 Å². The second kappa shape index (κ2) is 10.4. The number of thiazole rings is 1. The smallest absolute Gasteiger partial charge is 0.407 e. The number of aryl methyl sites for hydroxylation is 2. The molecule has 184 valence electrons. The molecule has 0 fully saturated rings. The molecule has 4 rings (SSSR count). The highest BCUT2D eigenvalue weighted by molar-refractivity contribution is 7.11. The van der Waals surface area contributed by atoms with Crippen LogP contribution in [0.3, 0.4) is 0 Å². The molecule has 2 aromatic heterocycles. The zero-order valence-electron chi connectivity index (χ0n) is 19.6. The number of para-hydroxylation sites is 1. The van der Waals surface area contributed by atoms with Crippen LogP contribution >= 0.6 is 11.3 Å². The summed E-state index contributed by atoms with van der Waals surface area (Å²) in [6.45, 7) is 11.2. The number of rotatable bonds is 7. The first kappa shape index (κ1) is 25.2. The third-order valence-electron chi connectivity index (χ3n) is 5.57. The fourth-order valence-electron chi connectivity index (χ4n) is 3.81. The third-order valence-corrected chi connectivity index (χ3v) is 6.96. The summed E-state index contributed by atoms with van der Waals surface area (Å²) < 4.78 is 48.5. The molecule has 0 radical (unpaired) electrons. The molecule has 0 unspecified atom stereocenters. The van der Waals surface area contributed by atoms with E-state index in [0.29, 0.717) is 35.6 Å². The molecule has 4 aromatic rings. The molecule has 2 heterocycles. The van der Waals surface area contributed by atoms with Gasteiger partial charge in [-0.05, 0) is 60.9 Å². The van der Waals surface area contributed by atoms with Crippen LogP contribution in [0.5, 0.6) is 11.5 Å². The third kappa shape index (κ3) is 5.19. The fraction of sp³-hybridized carbons (Fsp3) is 0.222. The standard InChI is InChI=1S/C27H22F3N3O2S/c1-4-23-21(32-24(5-2)36-23)16-33-22(15-20(27(28,29)30)25(31-3)26(33)34)17-11-13-19(14-12-17)35-18-9-7-6-8-10-18/h6-15H,4-5,16H2,1-2H3. The lowest BCUT2D eigenvalue weighted by molar-refractivity contribution is -0.136.